The van der Waals surface area contributed by atoms with Crippen LogP contribution in [0, 0.1) is 0 Å². The molecule has 10 heteroatoms. The maximum Gasteiger partial charge on any atom is 0.274 e. The summed E-state index contributed by atoms with van der Waals surface area (Å²) >= 11 is 0. The molecule has 0 saturated heterocycles. The lowest BCUT2D eigenvalue weighted by atomic mass is 10.0. The number of nitrogens with zero attached hydrogens (tertiary/aromatic N) is 1. The van der Waals surface area contributed by atoms with Crippen LogP contribution in [0.25, 0.3) is 44.2 Å². The van der Waals surface area contributed by atoms with E-state index >= 15 is 0 Å². The van der Waals surface area contributed by atoms with Gasteiger partial charge in [0.2, 0.25) is 16.9 Å². The zero-order valence-corrected chi connectivity index (χ0v) is 19.1. The van der Waals surface area contributed by atoms with Gasteiger partial charge in [0.1, 0.15) is 5.65 Å². The SMILES string of the molecule is COc1cc(-c2c3oc4c(O)c(=O)ccc4c3[nH]c3c2c(=O)[nH]n3C2CCCC2)cc(OC)c1O. The summed E-state index contributed by atoms with van der Waals surface area (Å²) in [6.07, 6.45) is 4.02. The molecule has 35 heavy (non-hydrogen) atoms. The lowest BCUT2D eigenvalue weighted by molar-refractivity contribution is 0.340. The van der Waals surface area contributed by atoms with E-state index in [1.165, 1.54) is 20.3 Å². The third kappa shape index (κ3) is 2.95. The molecular weight excluding hydrogens is 454 g/mol. The van der Waals surface area contributed by atoms with E-state index in [4.69, 9.17) is 13.9 Å². The minimum absolute atomic E-state index is 0.0270. The van der Waals surface area contributed by atoms with E-state index < -0.39 is 11.2 Å². The number of fused-ring (bicyclic) bond motifs is 4. The molecule has 0 atom stereocenters. The van der Waals surface area contributed by atoms with Crippen molar-refractivity contribution in [1.82, 2.24) is 14.8 Å². The highest BCUT2D eigenvalue weighted by atomic mass is 16.5. The van der Waals surface area contributed by atoms with Crippen LogP contribution in [-0.4, -0.2) is 39.2 Å². The Kier molecular flexibility index (Phi) is 4.60. The smallest absolute Gasteiger partial charge is 0.274 e. The van der Waals surface area contributed by atoms with Crippen molar-refractivity contribution in [2.45, 2.75) is 31.7 Å². The number of phenolic OH excluding ortho intramolecular Hbond substituents is 2. The number of hydrogen-bond acceptors (Lipinski definition) is 7. The third-order valence-electron chi connectivity index (χ3n) is 6.90. The van der Waals surface area contributed by atoms with Gasteiger partial charge in [-0.05, 0) is 42.7 Å². The molecule has 1 aliphatic carbocycles. The number of ether oxygens (including phenoxy) is 2. The molecule has 3 heterocycles. The molecule has 1 fully saturated rings. The topological polar surface area (TPSA) is 143 Å². The Morgan fingerprint density at radius 2 is 1.69 bits per heavy atom. The number of phenols is 2. The Bertz CT molecular complexity index is 1720. The maximum absolute atomic E-state index is 13.4. The molecule has 1 saturated carbocycles. The van der Waals surface area contributed by atoms with E-state index in [9.17, 15) is 19.8 Å². The van der Waals surface area contributed by atoms with Gasteiger partial charge in [-0.15, -0.1) is 0 Å². The second-order valence-corrected chi connectivity index (χ2v) is 8.80. The first kappa shape index (κ1) is 21.2. The van der Waals surface area contributed by atoms with Gasteiger partial charge in [0.25, 0.3) is 5.56 Å². The van der Waals surface area contributed by atoms with Gasteiger partial charge in [-0.1, -0.05) is 12.8 Å². The van der Waals surface area contributed by atoms with Gasteiger partial charge in [-0.3, -0.25) is 19.4 Å². The van der Waals surface area contributed by atoms with Crippen molar-refractivity contribution in [3.63, 3.8) is 0 Å². The lowest BCUT2D eigenvalue weighted by Crippen LogP contribution is -2.10. The largest absolute Gasteiger partial charge is 0.502 e. The van der Waals surface area contributed by atoms with Crippen molar-refractivity contribution < 1.29 is 24.1 Å². The van der Waals surface area contributed by atoms with E-state index in [0.29, 0.717) is 33.1 Å². The molecule has 10 nitrogen and oxygen atoms in total. The Balaban J connectivity index is 1.82. The summed E-state index contributed by atoms with van der Waals surface area (Å²) < 4.78 is 18.6. The number of hydrogen-bond donors (Lipinski definition) is 4. The van der Waals surface area contributed by atoms with Gasteiger partial charge in [-0.2, -0.15) is 0 Å². The molecule has 0 radical (unpaired) electrons. The number of furan rings is 1. The maximum atomic E-state index is 13.4. The highest BCUT2D eigenvalue weighted by Crippen LogP contribution is 2.45. The summed E-state index contributed by atoms with van der Waals surface area (Å²) in [5, 5.41) is 24.7. The van der Waals surface area contributed by atoms with Crippen molar-refractivity contribution in [2.75, 3.05) is 14.2 Å². The first-order chi connectivity index (χ1) is 16.9. The van der Waals surface area contributed by atoms with Crippen molar-refractivity contribution in [3.8, 4) is 34.1 Å². The molecule has 3 aromatic heterocycles. The minimum atomic E-state index is -0.566. The molecule has 6 rings (SSSR count). The molecule has 4 N–H and O–H groups in total. The molecule has 0 unspecified atom stereocenters. The van der Waals surface area contributed by atoms with Crippen LogP contribution in [-0.2, 0) is 0 Å². The van der Waals surface area contributed by atoms with Crippen molar-refractivity contribution in [3.05, 3.63) is 44.8 Å². The highest BCUT2D eigenvalue weighted by molar-refractivity contribution is 6.15. The monoisotopic (exact) mass is 477 g/mol. The average Bonchev–Trinajstić information content (AvgIpc) is 3.59. The molecule has 0 bridgehead atoms. The van der Waals surface area contributed by atoms with Gasteiger partial charge < -0.3 is 29.1 Å². The molecule has 2 aromatic carbocycles. The summed E-state index contributed by atoms with van der Waals surface area (Å²) in [5.74, 6) is -0.373. The van der Waals surface area contributed by atoms with Crippen LogP contribution in [0.3, 0.4) is 0 Å². The summed E-state index contributed by atoms with van der Waals surface area (Å²) in [5.41, 5.74) is 1.43. The van der Waals surface area contributed by atoms with Gasteiger partial charge in [0.15, 0.2) is 22.7 Å². The van der Waals surface area contributed by atoms with E-state index in [1.54, 1.807) is 18.2 Å². The summed E-state index contributed by atoms with van der Waals surface area (Å²) in [7, 11) is 2.83. The van der Waals surface area contributed by atoms with Crippen LogP contribution in [0.1, 0.15) is 31.7 Å². The fourth-order valence-corrected chi connectivity index (χ4v) is 5.21. The number of aromatic amines is 2. The Morgan fingerprint density at radius 3 is 2.34 bits per heavy atom. The zero-order chi connectivity index (χ0) is 24.4. The molecule has 5 aromatic rings. The first-order valence-corrected chi connectivity index (χ1v) is 11.3. The fourth-order valence-electron chi connectivity index (χ4n) is 5.21. The Labute approximate surface area is 197 Å². The Hall–Kier alpha value is -4.34. The Morgan fingerprint density at radius 1 is 1.00 bits per heavy atom. The van der Waals surface area contributed by atoms with E-state index in [0.717, 1.165) is 25.7 Å². The molecular formula is C25H23N3O7. The minimum Gasteiger partial charge on any atom is -0.502 e. The number of pyridine rings is 1. The first-order valence-electron chi connectivity index (χ1n) is 11.3. The van der Waals surface area contributed by atoms with Crippen LogP contribution in [0.2, 0.25) is 0 Å². The van der Waals surface area contributed by atoms with E-state index in [1.807, 2.05) is 4.68 Å². The fraction of sp³-hybridized carbons (Fsp3) is 0.280. The highest BCUT2D eigenvalue weighted by Gasteiger charge is 2.27. The molecule has 0 amide bonds. The summed E-state index contributed by atoms with van der Waals surface area (Å²) in [4.78, 5) is 28.8. The van der Waals surface area contributed by atoms with Crippen LogP contribution >= 0.6 is 0 Å². The van der Waals surface area contributed by atoms with Gasteiger partial charge in [-0.25, -0.2) is 0 Å². The zero-order valence-electron chi connectivity index (χ0n) is 19.1. The summed E-state index contributed by atoms with van der Waals surface area (Å²) in [6.45, 7) is 0. The van der Waals surface area contributed by atoms with Crippen molar-refractivity contribution in [2.24, 2.45) is 0 Å². The predicted octanol–water partition coefficient (Wildman–Crippen LogP) is 4.13. The number of benzene rings is 2. The van der Waals surface area contributed by atoms with Gasteiger partial charge in [0, 0.05) is 10.9 Å². The molecule has 1 aliphatic rings. The van der Waals surface area contributed by atoms with Crippen LogP contribution in [0.4, 0.5) is 0 Å². The summed E-state index contributed by atoms with van der Waals surface area (Å²) in [6, 6.07) is 6.16. The van der Waals surface area contributed by atoms with Gasteiger partial charge >= 0.3 is 0 Å². The number of H-pyrrole nitrogens is 2. The van der Waals surface area contributed by atoms with E-state index in [-0.39, 0.29) is 40.0 Å². The van der Waals surface area contributed by atoms with Crippen LogP contribution < -0.4 is 20.5 Å². The van der Waals surface area contributed by atoms with Crippen molar-refractivity contribution >= 4 is 33.1 Å². The molecule has 0 spiro atoms. The van der Waals surface area contributed by atoms with Crippen molar-refractivity contribution in [1.29, 1.82) is 0 Å². The molecule has 0 aliphatic heterocycles. The average molecular weight is 477 g/mol. The number of nitrogens with one attached hydrogen (secondary N) is 2. The second kappa shape index (κ2) is 7.59. The number of aromatic nitrogens is 3. The van der Waals surface area contributed by atoms with E-state index in [2.05, 4.69) is 10.1 Å². The molecule has 180 valence electrons. The van der Waals surface area contributed by atoms with Crippen LogP contribution in [0.15, 0.2) is 38.3 Å². The number of aromatic hydroxyl groups is 2. The second-order valence-electron chi connectivity index (χ2n) is 8.80. The standard InChI is InChI=1S/C25H23N3O7/c1-33-15-9-11(10-16(34-2)21(15)31)17-18-24(28(27-25(18)32)12-5-3-4-6-12)26-19-13-7-8-14(29)20(30)22(13)35-23(17)19/h7-10,12,26,30-31H,3-6H2,1-2H3,(H,27,32). The lowest BCUT2D eigenvalue weighted by Gasteiger charge is -2.14. The van der Waals surface area contributed by atoms with Crippen LogP contribution in [0.5, 0.6) is 23.0 Å². The normalized spacial score (nSPS) is 14.5. The number of rotatable bonds is 4. The number of methoxy groups -OCH3 is 2. The third-order valence-corrected chi connectivity index (χ3v) is 6.90. The van der Waals surface area contributed by atoms with Gasteiger partial charge in [0.05, 0.1) is 31.2 Å². The predicted molar refractivity (Wildman–Crippen MR) is 130 cm³/mol. The quantitative estimate of drug-likeness (QED) is 0.305.